The third-order valence-electron chi connectivity index (χ3n) is 3.58. The van der Waals surface area contributed by atoms with Crippen LogP contribution < -0.4 is 5.73 Å². The molecule has 0 atom stereocenters. The van der Waals surface area contributed by atoms with Gasteiger partial charge < -0.3 is 5.73 Å². The first-order chi connectivity index (χ1) is 10.9. The summed E-state index contributed by atoms with van der Waals surface area (Å²) in [4.78, 5) is 19.0. The van der Waals surface area contributed by atoms with E-state index >= 15 is 0 Å². The number of nitrogens with two attached hydrogens (primary N) is 1. The van der Waals surface area contributed by atoms with Gasteiger partial charge in [0.15, 0.2) is 0 Å². The number of hydrogen-bond acceptors (Lipinski definition) is 5. The summed E-state index contributed by atoms with van der Waals surface area (Å²) in [6, 6.07) is 4.63. The molecular formula is C14H13FN4O3S. The number of fused-ring (bicyclic) bond motifs is 1. The number of halogens is 1. The Labute approximate surface area is 132 Å². The molecule has 1 aliphatic heterocycles. The zero-order chi connectivity index (χ0) is 16.6. The second-order valence-electron chi connectivity index (χ2n) is 5.07. The Morgan fingerprint density at radius 1 is 1.26 bits per heavy atom. The Bertz CT molecular complexity index is 868. The highest BCUT2D eigenvalue weighted by Crippen LogP contribution is 2.23. The van der Waals surface area contributed by atoms with Gasteiger partial charge in [0.25, 0.3) is 5.91 Å². The van der Waals surface area contributed by atoms with E-state index in [-0.39, 0.29) is 23.8 Å². The number of carbonyl (C=O) groups is 1. The molecule has 2 heterocycles. The fourth-order valence-corrected chi connectivity index (χ4v) is 3.76. The molecule has 3 rings (SSSR count). The normalized spacial score (nSPS) is 15.2. The molecular weight excluding hydrogens is 323 g/mol. The zero-order valence-electron chi connectivity index (χ0n) is 11.9. The topological polar surface area (TPSA) is 106 Å². The maximum atomic E-state index is 13.0. The van der Waals surface area contributed by atoms with Gasteiger partial charge in [0.2, 0.25) is 15.8 Å². The van der Waals surface area contributed by atoms with Crippen LogP contribution in [0.3, 0.4) is 0 Å². The van der Waals surface area contributed by atoms with Gasteiger partial charge in [-0.2, -0.15) is 4.31 Å². The van der Waals surface area contributed by atoms with Gasteiger partial charge in [-0.25, -0.2) is 22.8 Å². The van der Waals surface area contributed by atoms with Crippen LogP contribution in [0.1, 0.15) is 21.9 Å². The van der Waals surface area contributed by atoms with Crippen LogP contribution in [0, 0.1) is 5.82 Å². The minimum absolute atomic E-state index is 0.00605. The first kappa shape index (κ1) is 15.5. The molecule has 9 heteroatoms. The molecule has 120 valence electrons. The molecule has 0 unspecified atom stereocenters. The van der Waals surface area contributed by atoms with Crippen molar-refractivity contribution in [1.82, 2.24) is 14.3 Å². The molecule has 2 aromatic rings. The summed E-state index contributed by atoms with van der Waals surface area (Å²) in [6.07, 6.45) is 1.92. The molecule has 0 aliphatic carbocycles. The van der Waals surface area contributed by atoms with Gasteiger partial charge >= 0.3 is 0 Å². The van der Waals surface area contributed by atoms with Crippen molar-refractivity contribution in [3.63, 3.8) is 0 Å². The minimum Gasteiger partial charge on any atom is -0.363 e. The molecule has 0 fully saturated rings. The lowest BCUT2D eigenvalue weighted by molar-refractivity contribution is 0.0990. The summed E-state index contributed by atoms with van der Waals surface area (Å²) in [7, 11) is -3.76. The molecule has 0 saturated carbocycles. The maximum absolute atomic E-state index is 13.0. The minimum atomic E-state index is -3.76. The van der Waals surface area contributed by atoms with Gasteiger partial charge in [-0.15, -0.1) is 0 Å². The van der Waals surface area contributed by atoms with E-state index in [9.17, 15) is 17.6 Å². The molecule has 0 saturated heterocycles. The lowest BCUT2D eigenvalue weighted by Gasteiger charge is -2.27. The average molecular weight is 336 g/mol. The van der Waals surface area contributed by atoms with E-state index in [2.05, 4.69) is 9.97 Å². The lowest BCUT2D eigenvalue weighted by atomic mass is 10.1. The number of aromatic nitrogens is 2. The highest BCUT2D eigenvalue weighted by Gasteiger charge is 2.29. The number of carbonyl (C=O) groups excluding carboxylic acids is 1. The van der Waals surface area contributed by atoms with E-state index in [0.29, 0.717) is 12.1 Å². The van der Waals surface area contributed by atoms with E-state index in [0.717, 1.165) is 17.7 Å². The number of sulfonamides is 1. The van der Waals surface area contributed by atoms with Gasteiger partial charge in [0, 0.05) is 12.7 Å². The zero-order valence-corrected chi connectivity index (χ0v) is 12.8. The number of amides is 1. The Hall–Kier alpha value is -2.39. The molecule has 0 bridgehead atoms. The molecule has 1 amide bonds. The van der Waals surface area contributed by atoms with Crippen molar-refractivity contribution in [2.75, 3.05) is 6.54 Å². The van der Waals surface area contributed by atoms with E-state index in [4.69, 9.17) is 5.73 Å². The molecule has 7 nitrogen and oxygen atoms in total. The quantitative estimate of drug-likeness (QED) is 0.876. The van der Waals surface area contributed by atoms with Crippen LogP contribution in [0.25, 0.3) is 0 Å². The third kappa shape index (κ3) is 2.92. The highest BCUT2D eigenvalue weighted by atomic mass is 32.2. The first-order valence-corrected chi connectivity index (χ1v) is 8.22. The van der Waals surface area contributed by atoms with E-state index < -0.39 is 21.7 Å². The summed E-state index contributed by atoms with van der Waals surface area (Å²) < 4.78 is 39.4. The molecule has 2 N–H and O–H groups in total. The van der Waals surface area contributed by atoms with Crippen LogP contribution in [0.4, 0.5) is 4.39 Å². The maximum Gasteiger partial charge on any atom is 0.286 e. The third-order valence-corrected chi connectivity index (χ3v) is 5.44. The number of rotatable bonds is 3. The van der Waals surface area contributed by atoms with E-state index in [1.807, 2.05) is 0 Å². The van der Waals surface area contributed by atoms with Gasteiger partial charge in [0.1, 0.15) is 5.82 Å². The number of primary amides is 1. The van der Waals surface area contributed by atoms with Crippen LogP contribution in [0.5, 0.6) is 0 Å². The van der Waals surface area contributed by atoms with Crippen molar-refractivity contribution in [1.29, 1.82) is 0 Å². The summed E-state index contributed by atoms with van der Waals surface area (Å²) in [6.45, 7) is 0.268. The average Bonchev–Trinajstić information content (AvgIpc) is 2.54. The van der Waals surface area contributed by atoms with E-state index in [1.54, 1.807) is 0 Å². The van der Waals surface area contributed by atoms with Crippen molar-refractivity contribution in [2.24, 2.45) is 5.73 Å². The van der Waals surface area contributed by atoms with Crippen LogP contribution in [0.2, 0.25) is 0 Å². The van der Waals surface area contributed by atoms with Gasteiger partial charge in [-0.1, -0.05) is 0 Å². The SMILES string of the molecule is NC(=O)c1ncc2c(n1)CN(S(=O)(=O)c1ccc(F)cc1)CC2. The van der Waals surface area contributed by atoms with Crippen LogP contribution in [-0.2, 0) is 23.0 Å². The highest BCUT2D eigenvalue weighted by molar-refractivity contribution is 7.89. The van der Waals surface area contributed by atoms with Crippen molar-refractivity contribution in [3.05, 3.63) is 53.4 Å². The smallest absolute Gasteiger partial charge is 0.286 e. The predicted octanol–water partition coefficient (Wildman–Crippen LogP) is 0.462. The Kier molecular flexibility index (Phi) is 3.82. The summed E-state index contributed by atoms with van der Waals surface area (Å²) in [5.74, 6) is -1.43. The number of hydrogen-bond donors (Lipinski definition) is 1. The fourth-order valence-electron chi connectivity index (χ4n) is 2.36. The molecule has 0 spiro atoms. The molecule has 1 aliphatic rings. The van der Waals surface area contributed by atoms with Gasteiger partial charge in [-0.05, 0) is 36.2 Å². The first-order valence-electron chi connectivity index (χ1n) is 6.78. The van der Waals surface area contributed by atoms with Crippen molar-refractivity contribution in [3.8, 4) is 0 Å². The van der Waals surface area contributed by atoms with Gasteiger partial charge in [-0.3, -0.25) is 4.79 Å². The van der Waals surface area contributed by atoms with Crippen molar-refractivity contribution < 1.29 is 17.6 Å². The molecule has 1 aromatic heterocycles. The predicted molar refractivity (Wildman–Crippen MR) is 78.2 cm³/mol. The number of benzene rings is 1. The van der Waals surface area contributed by atoms with Crippen LogP contribution >= 0.6 is 0 Å². The standard InChI is InChI=1S/C14H13FN4O3S/c15-10-1-3-11(4-2-10)23(21,22)19-6-5-9-7-17-14(13(16)20)18-12(9)8-19/h1-4,7H,5-6,8H2,(H2,16,20). The summed E-state index contributed by atoms with van der Waals surface area (Å²) in [5.41, 5.74) is 6.37. The second kappa shape index (κ2) is 5.67. The summed E-state index contributed by atoms with van der Waals surface area (Å²) in [5, 5.41) is 0. The number of nitrogens with zero attached hydrogens (tertiary/aromatic N) is 3. The Morgan fingerprint density at radius 3 is 2.61 bits per heavy atom. The molecule has 0 radical (unpaired) electrons. The van der Waals surface area contributed by atoms with Crippen molar-refractivity contribution in [2.45, 2.75) is 17.9 Å². The second-order valence-corrected chi connectivity index (χ2v) is 7.01. The largest absolute Gasteiger partial charge is 0.363 e. The Balaban J connectivity index is 1.93. The van der Waals surface area contributed by atoms with Gasteiger partial charge in [0.05, 0.1) is 17.1 Å². The summed E-state index contributed by atoms with van der Waals surface area (Å²) >= 11 is 0. The lowest BCUT2D eigenvalue weighted by Crippen LogP contribution is -2.37. The van der Waals surface area contributed by atoms with E-state index in [1.165, 1.54) is 22.6 Å². The van der Waals surface area contributed by atoms with Crippen LogP contribution in [0.15, 0.2) is 35.4 Å². The monoisotopic (exact) mass is 336 g/mol. The fraction of sp³-hybridized carbons (Fsp3) is 0.214. The molecule has 23 heavy (non-hydrogen) atoms. The molecule has 1 aromatic carbocycles. The Morgan fingerprint density at radius 2 is 1.96 bits per heavy atom. The van der Waals surface area contributed by atoms with Crippen molar-refractivity contribution >= 4 is 15.9 Å². The van der Waals surface area contributed by atoms with Crippen LogP contribution in [-0.4, -0.2) is 35.1 Å².